The Bertz CT molecular complexity index is 789. The third-order valence-electron chi connectivity index (χ3n) is 4.79. The molecule has 142 valence electrons. The van der Waals surface area contributed by atoms with E-state index in [4.69, 9.17) is 0 Å². The van der Waals surface area contributed by atoms with Crippen LogP contribution in [-0.4, -0.2) is 60.4 Å². The number of nitro benzene ring substituents is 1. The van der Waals surface area contributed by atoms with Crippen LogP contribution in [0.5, 0.6) is 0 Å². The highest BCUT2D eigenvalue weighted by Crippen LogP contribution is 2.19. The molecule has 1 heterocycles. The van der Waals surface area contributed by atoms with Gasteiger partial charge >= 0.3 is 0 Å². The smallest absolute Gasteiger partial charge is 0.273 e. The molecule has 1 aliphatic rings. The van der Waals surface area contributed by atoms with Crippen molar-refractivity contribution >= 4 is 17.3 Å². The van der Waals surface area contributed by atoms with E-state index in [-0.39, 0.29) is 23.1 Å². The summed E-state index contributed by atoms with van der Waals surface area (Å²) in [4.78, 5) is 29.3. The van der Waals surface area contributed by atoms with E-state index in [1.165, 1.54) is 11.8 Å². The van der Waals surface area contributed by atoms with Gasteiger partial charge in [0.05, 0.1) is 11.5 Å². The van der Waals surface area contributed by atoms with Gasteiger partial charge in [0.1, 0.15) is 0 Å². The molecule has 1 saturated heterocycles. The molecule has 2 aromatic rings. The van der Waals surface area contributed by atoms with Gasteiger partial charge in [-0.1, -0.05) is 36.4 Å². The minimum absolute atomic E-state index is 0.0591. The van der Waals surface area contributed by atoms with Crippen LogP contribution in [0.3, 0.4) is 0 Å². The quantitative estimate of drug-likeness (QED) is 0.578. The number of nitro groups is 1. The summed E-state index contributed by atoms with van der Waals surface area (Å²) in [5, 5.41) is 11.1. The van der Waals surface area contributed by atoms with Crippen LogP contribution in [0.1, 0.15) is 5.56 Å². The maximum Gasteiger partial charge on any atom is 0.273 e. The molecule has 0 bridgehead atoms. The van der Waals surface area contributed by atoms with Gasteiger partial charge in [0.2, 0.25) is 5.91 Å². The SMILES string of the molecule is CN(CC(=O)N1CCN(c2ccccc2)CC1)Cc1ccccc1[N+](=O)[O-]. The lowest BCUT2D eigenvalue weighted by Crippen LogP contribution is -2.51. The van der Waals surface area contributed by atoms with E-state index in [2.05, 4.69) is 17.0 Å². The molecule has 2 aromatic carbocycles. The van der Waals surface area contributed by atoms with Crippen molar-refractivity contribution in [2.24, 2.45) is 0 Å². The number of carbonyl (C=O) groups is 1. The average molecular weight is 368 g/mol. The lowest BCUT2D eigenvalue weighted by Gasteiger charge is -2.36. The molecule has 0 atom stereocenters. The van der Waals surface area contributed by atoms with Gasteiger partial charge < -0.3 is 9.80 Å². The molecule has 1 fully saturated rings. The van der Waals surface area contributed by atoms with Gasteiger partial charge in [0.25, 0.3) is 5.69 Å². The van der Waals surface area contributed by atoms with Gasteiger partial charge in [-0.25, -0.2) is 0 Å². The second-order valence-corrected chi connectivity index (χ2v) is 6.76. The number of amides is 1. The monoisotopic (exact) mass is 368 g/mol. The zero-order valence-corrected chi connectivity index (χ0v) is 15.5. The molecule has 1 aliphatic heterocycles. The predicted molar refractivity (Wildman–Crippen MR) is 105 cm³/mol. The fraction of sp³-hybridized carbons (Fsp3) is 0.350. The summed E-state index contributed by atoms with van der Waals surface area (Å²) in [6, 6.07) is 16.9. The van der Waals surface area contributed by atoms with Gasteiger partial charge in [-0.05, 0) is 19.2 Å². The summed E-state index contributed by atoms with van der Waals surface area (Å²) in [5.41, 5.74) is 1.89. The highest BCUT2D eigenvalue weighted by atomic mass is 16.6. The number of carbonyl (C=O) groups excluding carboxylic acids is 1. The zero-order valence-electron chi connectivity index (χ0n) is 15.5. The Balaban J connectivity index is 1.52. The average Bonchev–Trinajstić information content (AvgIpc) is 2.69. The lowest BCUT2D eigenvalue weighted by molar-refractivity contribution is -0.385. The number of hydrogen-bond donors (Lipinski definition) is 0. The summed E-state index contributed by atoms with van der Waals surface area (Å²) in [6.07, 6.45) is 0. The van der Waals surface area contributed by atoms with Crippen LogP contribution in [0.25, 0.3) is 0 Å². The first kappa shape index (κ1) is 18.8. The van der Waals surface area contributed by atoms with Crippen LogP contribution in [0.15, 0.2) is 54.6 Å². The van der Waals surface area contributed by atoms with Crippen molar-refractivity contribution in [1.29, 1.82) is 0 Å². The van der Waals surface area contributed by atoms with Crippen LogP contribution in [0, 0.1) is 10.1 Å². The minimum Gasteiger partial charge on any atom is -0.368 e. The fourth-order valence-corrected chi connectivity index (χ4v) is 3.35. The molecule has 3 rings (SSSR count). The summed E-state index contributed by atoms with van der Waals surface area (Å²) < 4.78 is 0. The van der Waals surface area contributed by atoms with Gasteiger partial charge in [0, 0.05) is 50.0 Å². The molecule has 0 N–H and O–H groups in total. The van der Waals surface area contributed by atoms with E-state index >= 15 is 0 Å². The molecule has 0 unspecified atom stereocenters. The van der Waals surface area contributed by atoms with Crippen molar-refractivity contribution in [2.75, 3.05) is 44.7 Å². The standard InChI is InChI=1S/C20H24N4O3/c1-21(15-17-7-5-6-10-19(17)24(26)27)16-20(25)23-13-11-22(12-14-23)18-8-3-2-4-9-18/h2-10H,11-16H2,1H3. The first-order valence-corrected chi connectivity index (χ1v) is 9.03. The number of piperazine rings is 1. The summed E-state index contributed by atoms with van der Waals surface area (Å²) >= 11 is 0. The maximum atomic E-state index is 12.6. The number of hydrogen-bond acceptors (Lipinski definition) is 5. The number of benzene rings is 2. The summed E-state index contributed by atoms with van der Waals surface area (Å²) in [5.74, 6) is 0.0591. The number of nitrogens with zero attached hydrogens (tertiary/aromatic N) is 4. The highest BCUT2D eigenvalue weighted by molar-refractivity contribution is 5.78. The Labute approximate surface area is 158 Å². The molecule has 7 nitrogen and oxygen atoms in total. The normalized spacial score (nSPS) is 14.4. The van der Waals surface area contributed by atoms with Gasteiger partial charge in [-0.3, -0.25) is 19.8 Å². The summed E-state index contributed by atoms with van der Waals surface area (Å²) in [6.45, 7) is 3.61. The Morgan fingerprint density at radius 3 is 2.33 bits per heavy atom. The third-order valence-corrected chi connectivity index (χ3v) is 4.79. The van der Waals surface area contributed by atoms with Crippen LogP contribution in [0.2, 0.25) is 0 Å². The number of rotatable bonds is 6. The van der Waals surface area contributed by atoms with Crippen LogP contribution < -0.4 is 4.90 Å². The van der Waals surface area contributed by atoms with E-state index < -0.39 is 0 Å². The van der Waals surface area contributed by atoms with Gasteiger partial charge in [0.15, 0.2) is 0 Å². The Morgan fingerprint density at radius 1 is 1.04 bits per heavy atom. The molecule has 0 spiro atoms. The molecule has 0 aliphatic carbocycles. The van der Waals surface area contributed by atoms with Crippen molar-refractivity contribution < 1.29 is 9.72 Å². The maximum absolute atomic E-state index is 12.6. The molecule has 27 heavy (non-hydrogen) atoms. The van der Waals surface area contributed by atoms with Crippen molar-refractivity contribution in [1.82, 2.24) is 9.80 Å². The fourth-order valence-electron chi connectivity index (χ4n) is 3.35. The first-order valence-electron chi connectivity index (χ1n) is 9.03. The molecule has 0 aromatic heterocycles. The van der Waals surface area contributed by atoms with Gasteiger partial charge in [-0.15, -0.1) is 0 Å². The van der Waals surface area contributed by atoms with E-state index in [0.29, 0.717) is 25.2 Å². The molecule has 0 saturated carbocycles. The highest BCUT2D eigenvalue weighted by Gasteiger charge is 2.23. The third kappa shape index (κ3) is 4.83. The van der Waals surface area contributed by atoms with Gasteiger partial charge in [-0.2, -0.15) is 0 Å². The van der Waals surface area contributed by atoms with E-state index in [1.54, 1.807) is 18.2 Å². The number of para-hydroxylation sites is 2. The Hall–Kier alpha value is -2.93. The van der Waals surface area contributed by atoms with Crippen molar-refractivity contribution in [3.63, 3.8) is 0 Å². The zero-order chi connectivity index (χ0) is 19.2. The number of anilines is 1. The van der Waals surface area contributed by atoms with Crippen LogP contribution >= 0.6 is 0 Å². The minimum atomic E-state index is -0.381. The van der Waals surface area contributed by atoms with E-state index in [1.807, 2.05) is 35.0 Å². The molecular weight excluding hydrogens is 344 g/mol. The van der Waals surface area contributed by atoms with Crippen molar-refractivity contribution in [3.8, 4) is 0 Å². The Morgan fingerprint density at radius 2 is 1.67 bits per heavy atom. The lowest BCUT2D eigenvalue weighted by atomic mass is 10.1. The number of likely N-dealkylation sites (N-methyl/N-ethyl adjacent to an activating group) is 1. The van der Waals surface area contributed by atoms with Crippen molar-refractivity contribution in [2.45, 2.75) is 6.54 Å². The molecular formula is C20H24N4O3. The topological polar surface area (TPSA) is 69.9 Å². The van der Waals surface area contributed by atoms with Crippen LogP contribution in [-0.2, 0) is 11.3 Å². The summed E-state index contributed by atoms with van der Waals surface area (Å²) in [7, 11) is 1.81. The second-order valence-electron chi connectivity index (χ2n) is 6.76. The predicted octanol–water partition coefficient (Wildman–Crippen LogP) is 2.38. The molecule has 0 radical (unpaired) electrons. The molecule has 7 heteroatoms. The van der Waals surface area contributed by atoms with Crippen LogP contribution in [0.4, 0.5) is 11.4 Å². The first-order chi connectivity index (χ1) is 13.0. The largest absolute Gasteiger partial charge is 0.368 e. The Kier molecular flexibility index (Phi) is 6.03. The molecule has 1 amide bonds. The van der Waals surface area contributed by atoms with Crippen molar-refractivity contribution in [3.05, 3.63) is 70.3 Å². The van der Waals surface area contributed by atoms with E-state index in [0.717, 1.165) is 13.1 Å². The second kappa shape index (κ2) is 8.64. The van der Waals surface area contributed by atoms with E-state index in [9.17, 15) is 14.9 Å².